The molecular formula is C20H12F7N3OS. The number of halogens is 7. The number of hydrogen-bond acceptors (Lipinski definition) is 3. The van der Waals surface area contributed by atoms with E-state index in [9.17, 15) is 30.7 Å². The van der Waals surface area contributed by atoms with Gasteiger partial charge in [0.25, 0.3) is 0 Å². The number of nitrogens with zero attached hydrogens (tertiary/aromatic N) is 1. The van der Waals surface area contributed by atoms with Crippen molar-refractivity contribution in [3.8, 4) is 11.3 Å². The van der Waals surface area contributed by atoms with Crippen molar-refractivity contribution in [1.29, 1.82) is 0 Å². The topological polar surface area (TPSA) is 49.6 Å². The highest BCUT2D eigenvalue weighted by molar-refractivity contribution is 7.80. The number of hydrogen-bond donors (Lipinski definition) is 2. The van der Waals surface area contributed by atoms with Crippen molar-refractivity contribution in [2.24, 2.45) is 5.10 Å². The van der Waals surface area contributed by atoms with E-state index in [1.807, 2.05) is 0 Å². The van der Waals surface area contributed by atoms with Gasteiger partial charge in [0.15, 0.2) is 5.11 Å². The van der Waals surface area contributed by atoms with Crippen molar-refractivity contribution < 1.29 is 35.2 Å². The number of rotatable bonds is 4. The van der Waals surface area contributed by atoms with E-state index in [1.54, 1.807) is 0 Å². The molecule has 3 aromatic rings. The van der Waals surface area contributed by atoms with Crippen molar-refractivity contribution in [1.82, 2.24) is 5.43 Å². The Hall–Kier alpha value is -3.41. The minimum Gasteiger partial charge on any atom is -0.455 e. The van der Waals surface area contributed by atoms with Crippen molar-refractivity contribution in [2.45, 2.75) is 12.4 Å². The Morgan fingerprint density at radius 3 is 2.03 bits per heavy atom. The molecule has 4 nitrogen and oxygen atoms in total. The Morgan fingerprint density at radius 1 is 0.875 bits per heavy atom. The van der Waals surface area contributed by atoms with Crippen LogP contribution in [-0.4, -0.2) is 11.3 Å². The van der Waals surface area contributed by atoms with Crippen LogP contribution in [0.4, 0.5) is 36.4 Å². The van der Waals surface area contributed by atoms with Crippen molar-refractivity contribution in [2.75, 3.05) is 5.32 Å². The van der Waals surface area contributed by atoms with Gasteiger partial charge >= 0.3 is 12.4 Å². The van der Waals surface area contributed by atoms with Gasteiger partial charge in [-0.1, -0.05) is 0 Å². The van der Waals surface area contributed by atoms with E-state index >= 15 is 0 Å². The predicted molar refractivity (Wildman–Crippen MR) is 107 cm³/mol. The van der Waals surface area contributed by atoms with Gasteiger partial charge in [0, 0.05) is 11.3 Å². The van der Waals surface area contributed by atoms with Gasteiger partial charge in [-0.25, -0.2) is 4.39 Å². The smallest absolute Gasteiger partial charge is 0.416 e. The van der Waals surface area contributed by atoms with Crippen LogP contribution in [0.1, 0.15) is 16.9 Å². The minimum absolute atomic E-state index is 0.0355. The lowest BCUT2D eigenvalue weighted by Crippen LogP contribution is -2.23. The van der Waals surface area contributed by atoms with Crippen LogP contribution in [0.2, 0.25) is 0 Å². The van der Waals surface area contributed by atoms with Crippen LogP contribution in [0.25, 0.3) is 11.3 Å². The summed E-state index contributed by atoms with van der Waals surface area (Å²) in [6, 6.07) is 9.01. The second-order valence-electron chi connectivity index (χ2n) is 6.33. The standard InChI is InChI=1S/C20H12F7N3OS/c21-14-1-3-15(4-2-14)29-18(32)30-28-10-16-5-6-17(31-16)11-7-12(19(22,23)24)9-13(8-11)20(25,26)27/h1-10H,(H2,29,30,32)/b28-10+. The highest BCUT2D eigenvalue weighted by atomic mass is 32.1. The van der Waals surface area contributed by atoms with Crippen LogP contribution in [0.15, 0.2) is 64.1 Å². The van der Waals surface area contributed by atoms with E-state index in [4.69, 9.17) is 16.6 Å². The number of furan rings is 1. The molecule has 1 aromatic heterocycles. The average molecular weight is 475 g/mol. The number of anilines is 1. The minimum atomic E-state index is -4.97. The maximum Gasteiger partial charge on any atom is 0.416 e. The van der Waals surface area contributed by atoms with Gasteiger partial charge in [0.05, 0.1) is 17.3 Å². The quantitative estimate of drug-likeness (QED) is 0.197. The highest BCUT2D eigenvalue weighted by Crippen LogP contribution is 2.38. The first kappa shape index (κ1) is 23.3. The first-order valence-electron chi connectivity index (χ1n) is 8.67. The summed E-state index contributed by atoms with van der Waals surface area (Å²) in [4.78, 5) is 0. The third-order valence-corrected chi connectivity index (χ3v) is 4.15. The number of benzene rings is 2. The largest absolute Gasteiger partial charge is 0.455 e. The average Bonchev–Trinajstić information content (AvgIpc) is 3.17. The van der Waals surface area contributed by atoms with Crippen molar-refractivity contribution in [3.63, 3.8) is 0 Å². The molecule has 3 rings (SSSR count). The zero-order valence-electron chi connectivity index (χ0n) is 15.7. The van der Waals surface area contributed by atoms with Gasteiger partial charge in [-0.2, -0.15) is 31.4 Å². The molecule has 0 fully saturated rings. The Bertz CT molecular complexity index is 1100. The molecule has 0 aliphatic carbocycles. The van der Waals surface area contributed by atoms with Crippen LogP contribution >= 0.6 is 12.2 Å². The molecule has 0 amide bonds. The Morgan fingerprint density at radius 2 is 1.47 bits per heavy atom. The Kier molecular flexibility index (Phi) is 6.53. The zero-order valence-corrected chi connectivity index (χ0v) is 16.5. The van der Waals surface area contributed by atoms with Gasteiger partial charge < -0.3 is 9.73 Å². The lowest BCUT2D eigenvalue weighted by molar-refractivity contribution is -0.143. The molecule has 0 aliphatic heterocycles. The summed E-state index contributed by atoms with van der Waals surface area (Å²) in [5, 5.41) is 6.54. The molecule has 0 bridgehead atoms. The molecule has 0 unspecified atom stereocenters. The second-order valence-corrected chi connectivity index (χ2v) is 6.74. The zero-order chi connectivity index (χ0) is 23.5. The lowest BCUT2D eigenvalue weighted by Gasteiger charge is -2.13. The van der Waals surface area contributed by atoms with Crippen LogP contribution in [0.5, 0.6) is 0 Å². The van der Waals surface area contributed by atoms with E-state index in [2.05, 4.69) is 15.8 Å². The number of hydrazone groups is 1. The summed E-state index contributed by atoms with van der Waals surface area (Å²) in [5.41, 5.74) is -0.367. The summed E-state index contributed by atoms with van der Waals surface area (Å²) in [5.74, 6) is -0.595. The van der Waals surface area contributed by atoms with E-state index in [-0.39, 0.29) is 22.7 Å². The first-order chi connectivity index (χ1) is 14.9. The SMILES string of the molecule is Fc1ccc(NC(=S)N/N=C/c2ccc(-c3cc(C(F)(F)F)cc(C(F)(F)F)c3)o2)cc1. The van der Waals surface area contributed by atoms with Gasteiger partial charge in [0.2, 0.25) is 0 Å². The Balaban J connectivity index is 1.73. The molecule has 0 spiro atoms. The maximum atomic E-state index is 13.0. The summed E-state index contributed by atoms with van der Waals surface area (Å²) < 4.78 is 96.2. The number of alkyl halides is 6. The maximum absolute atomic E-state index is 13.0. The molecule has 168 valence electrons. The first-order valence-corrected chi connectivity index (χ1v) is 9.08. The summed E-state index contributed by atoms with van der Waals surface area (Å²) in [7, 11) is 0. The van der Waals surface area contributed by atoms with Crippen molar-refractivity contribution >= 4 is 29.2 Å². The monoisotopic (exact) mass is 475 g/mol. The molecule has 2 N–H and O–H groups in total. The molecule has 12 heteroatoms. The fourth-order valence-corrected chi connectivity index (χ4v) is 2.69. The van der Waals surface area contributed by atoms with Gasteiger partial charge in [-0.15, -0.1) is 0 Å². The van der Waals surface area contributed by atoms with E-state index < -0.39 is 34.9 Å². The van der Waals surface area contributed by atoms with Crippen LogP contribution in [0.3, 0.4) is 0 Å². The van der Waals surface area contributed by atoms with Gasteiger partial charge in [-0.05, 0) is 66.8 Å². The normalized spacial score (nSPS) is 12.2. The molecule has 2 aromatic carbocycles. The highest BCUT2D eigenvalue weighted by Gasteiger charge is 2.37. The van der Waals surface area contributed by atoms with Crippen LogP contribution < -0.4 is 10.7 Å². The van der Waals surface area contributed by atoms with Crippen LogP contribution in [0, 0.1) is 5.82 Å². The summed E-state index contributed by atoms with van der Waals surface area (Å²) in [6.45, 7) is 0. The fourth-order valence-electron chi connectivity index (χ4n) is 2.52. The second kappa shape index (κ2) is 8.99. The van der Waals surface area contributed by atoms with Gasteiger partial charge in [-0.3, -0.25) is 5.43 Å². The third-order valence-electron chi connectivity index (χ3n) is 3.96. The summed E-state index contributed by atoms with van der Waals surface area (Å²) >= 11 is 4.99. The third kappa shape index (κ3) is 6.06. The molecule has 0 saturated heterocycles. The molecule has 0 saturated carbocycles. The predicted octanol–water partition coefficient (Wildman–Crippen LogP) is 6.44. The van der Waals surface area contributed by atoms with Gasteiger partial charge in [0.1, 0.15) is 17.3 Å². The van der Waals surface area contributed by atoms with Crippen molar-refractivity contribution in [3.05, 3.63) is 77.3 Å². The number of nitrogens with one attached hydrogen (secondary N) is 2. The Labute approximate surface area is 181 Å². The molecular weight excluding hydrogens is 463 g/mol. The van der Waals surface area contributed by atoms with E-state index in [1.165, 1.54) is 36.4 Å². The molecule has 0 radical (unpaired) electrons. The molecule has 0 atom stereocenters. The van der Waals surface area contributed by atoms with E-state index in [0.29, 0.717) is 17.8 Å². The molecule has 0 aliphatic rings. The van der Waals surface area contributed by atoms with Crippen LogP contribution in [-0.2, 0) is 12.4 Å². The molecule has 1 heterocycles. The lowest BCUT2D eigenvalue weighted by atomic mass is 10.0. The molecule has 32 heavy (non-hydrogen) atoms. The fraction of sp³-hybridized carbons (Fsp3) is 0.100. The summed E-state index contributed by atoms with van der Waals surface area (Å²) in [6.07, 6.45) is -8.81. The number of thiocarbonyl (C=S) groups is 1. The van der Waals surface area contributed by atoms with E-state index in [0.717, 1.165) is 6.21 Å².